The van der Waals surface area contributed by atoms with Gasteiger partial charge in [0, 0.05) is 18.3 Å². The SMILES string of the molecule is COc1ccc(CN2C(=O)c3cc(-c4nc(Cl)ncc4F)cnc3C2(C)C)cc1. The molecule has 0 spiro atoms. The van der Waals surface area contributed by atoms with Crippen LogP contribution in [0.1, 0.15) is 35.5 Å². The normalized spacial score (nSPS) is 14.8. The lowest BCUT2D eigenvalue weighted by molar-refractivity contribution is 0.0591. The molecule has 2 aromatic heterocycles. The maximum Gasteiger partial charge on any atom is 0.256 e. The second-order valence-electron chi connectivity index (χ2n) is 7.25. The van der Waals surface area contributed by atoms with Gasteiger partial charge in [-0.15, -0.1) is 0 Å². The molecule has 0 N–H and O–H groups in total. The standard InChI is InChI=1S/C21H18ClFN4O2/c1-21(2)18-15(8-13(9-24-18)17-16(23)10-25-20(22)26-17)19(28)27(21)11-12-4-6-14(29-3)7-5-12/h4-10H,11H2,1-3H3. The molecular weight excluding hydrogens is 395 g/mol. The van der Waals surface area contributed by atoms with Crippen LogP contribution in [0.2, 0.25) is 5.28 Å². The highest BCUT2D eigenvalue weighted by atomic mass is 35.5. The van der Waals surface area contributed by atoms with E-state index in [1.165, 1.54) is 6.20 Å². The van der Waals surface area contributed by atoms with E-state index in [4.69, 9.17) is 16.3 Å². The summed E-state index contributed by atoms with van der Waals surface area (Å²) >= 11 is 5.80. The summed E-state index contributed by atoms with van der Waals surface area (Å²) in [5, 5.41) is -0.0744. The van der Waals surface area contributed by atoms with Gasteiger partial charge in [0.25, 0.3) is 5.91 Å². The van der Waals surface area contributed by atoms with Crippen LogP contribution in [-0.4, -0.2) is 32.9 Å². The van der Waals surface area contributed by atoms with Gasteiger partial charge in [-0.25, -0.2) is 14.4 Å². The fourth-order valence-electron chi connectivity index (χ4n) is 3.50. The van der Waals surface area contributed by atoms with Gasteiger partial charge in [-0.05, 0) is 49.2 Å². The molecule has 0 radical (unpaired) electrons. The number of hydrogen-bond donors (Lipinski definition) is 0. The molecule has 0 saturated carbocycles. The predicted molar refractivity (Wildman–Crippen MR) is 106 cm³/mol. The number of hydrogen-bond acceptors (Lipinski definition) is 5. The summed E-state index contributed by atoms with van der Waals surface area (Å²) in [6, 6.07) is 9.16. The van der Waals surface area contributed by atoms with E-state index in [0.29, 0.717) is 23.4 Å². The summed E-state index contributed by atoms with van der Waals surface area (Å²) in [7, 11) is 1.61. The van der Waals surface area contributed by atoms with Gasteiger partial charge in [0.1, 0.15) is 11.4 Å². The molecule has 1 aromatic carbocycles. The summed E-state index contributed by atoms with van der Waals surface area (Å²) in [4.78, 5) is 27.0. The Kier molecular flexibility index (Phi) is 4.70. The quantitative estimate of drug-likeness (QED) is 0.600. The lowest BCUT2D eigenvalue weighted by atomic mass is 9.98. The minimum atomic E-state index is -0.629. The van der Waals surface area contributed by atoms with Crippen LogP contribution >= 0.6 is 11.6 Å². The Labute approximate surface area is 172 Å². The first-order valence-electron chi connectivity index (χ1n) is 8.95. The number of pyridine rings is 1. The Morgan fingerprint density at radius 1 is 1.17 bits per heavy atom. The van der Waals surface area contributed by atoms with Gasteiger partial charge in [0.15, 0.2) is 5.82 Å². The maximum absolute atomic E-state index is 14.2. The molecule has 1 aliphatic rings. The van der Waals surface area contributed by atoms with E-state index in [2.05, 4.69) is 15.0 Å². The number of benzene rings is 1. The average Bonchev–Trinajstić information content (AvgIpc) is 2.90. The highest BCUT2D eigenvalue weighted by Crippen LogP contribution is 2.39. The Hall–Kier alpha value is -3.06. The zero-order valence-corrected chi connectivity index (χ0v) is 16.9. The Morgan fingerprint density at radius 3 is 2.59 bits per heavy atom. The summed E-state index contributed by atoms with van der Waals surface area (Å²) in [6.45, 7) is 4.29. The number of methoxy groups -OCH3 is 1. The molecule has 1 aliphatic heterocycles. The molecule has 0 fully saturated rings. The van der Waals surface area contributed by atoms with Crippen molar-refractivity contribution in [3.05, 3.63) is 70.6 Å². The second-order valence-corrected chi connectivity index (χ2v) is 7.59. The van der Waals surface area contributed by atoms with Crippen LogP contribution in [0.4, 0.5) is 4.39 Å². The Bertz CT molecular complexity index is 1100. The molecule has 3 heterocycles. The highest BCUT2D eigenvalue weighted by molar-refractivity contribution is 6.28. The zero-order valence-electron chi connectivity index (χ0n) is 16.1. The van der Waals surface area contributed by atoms with Crippen molar-refractivity contribution in [1.29, 1.82) is 0 Å². The summed E-state index contributed by atoms with van der Waals surface area (Å²) in [6.07, 6.45) is 2.51. The third kappa shape index (κ3) is 3.31. The monoisotopic (exact) mass is 412 g/mol. The Morgan fingerprint density at radius 2 is 1.90 bits per heavy atom. The van der Waals surface area contributed by atoms with Gasteiger partial charge in [-0.1, -0.05) is 12.1 Å². The van der Waals surface area contributed by atoms with Crippen molar-refractivity contribution in [2.45, 2.75) is 25.9 Å². The molecular formula is C21H18ClFN4O2. The first-order chi connectivity index (χ1) is 13.8. The van der Waals surface area contributed by atoms with Crippen molar-refractivity contribution in [3.63, 3.8) is 0 Å². The van der Waals surface area contributed by atoms with E-state index in [0.717, 1.165) is 17.5 Å². The Balaban J connectivity index is 1.70. The molecule has 6 nitrogen and oxygen atoms in total. The number of halogens is 2. The minimum Gasteiger partial charge on any atom is -0.497 e. The number of rotatable bonds is 4. The first kappa shape index (κ1) is 19.3. The third-order valence-corrected chi connectivity index (χ3v) is 5.29. The van der Waals surface area contributed by atoms with Crippen LogP contribution < -0.4 is 4.74 Å². The van der Waals surface area contributed by atoms with Gasteiger partial charge >= 0.3 is 0 Å². The molecule has 0 bridgehead atoms. The van der Waals surface area contributed by atoms with E-state index >= 15 is 0 Å². The lowest BCUT2D eigenvalue weighted by Gasteiger charge is -2.31. The van der Waals surface area contributed by atoms with E-state index in [1.54, 1.807) is 18.1 Å². The highest BCUT2D eigenvalue weighted by Gasteiger charge is 2.44. The number of fused-ring (bicyclic) bond motifs is 1. The first-order valence-corrected chi connectivity index (χ1v) is 9.33. The number of aromatic nitrogens is 3. The van der Waals surface area contributed by atoms with Crippen LogP contribution in [0, 0.1) is 5.82 Å². The van der Waals surface area contributed by atoms with E-state index in [1.807, 2.05) is 38.1 Å². The van der Waals surface area contributed by atoms with Crippen LogP contribution in [0.15, 0.2) is 42.7 Å². The van der Waals surface area contributed by atoms with Gasteiger partial charge in [0.2, 0.25) is 5.28 Å². The van der Waals surface area contributed by atoms with Crippen molar-refractivity contribution in [1.82, 2.24) is 19.9 Å². The van der Waals surface area contributed by atoms with Crippen molar-refractivity contribution in [2.75, 3.05) is 7.11 Å². The molecule has 8 heteroatoms. The predicted octanol–water partition coefficient (Wildman–Crippen LogP) is 4.23. The number of ether oxygens (including phenoxy) is 1. The topological polar surface area (TPSA) is 68.2 Å². The minimum absolute atomic E-state index is 0.0134. The summed E-state index contributed by atoms with van der Waals surface area (Å²) in [5.74, 6) is -0.0486. The zero-order chi connectivity index (χ0) is 20.8. The van der Waals surface area contributed by atoms with Crippen LogP contribution in [-0.2, 0) is 12.1 Å². The molecule has 0 atom stereocenters. The molecule has 3 aromatic rings. The summed E-state index contributed by atoms with van der Waals surface area (Å²) in [5.41, 5.74) is 1.80. The van der Waals surface area contributed by atoms with Crippen LogP contribution in [0.5, 0.6) is 5.75 Å². The maximum atomic E-state index is 14.2. The average molecular weight is 413 g/mol. The number of carbonyl (C=O) groups excluding carboxylic acids is 1. The largest absolute Gasteiger partial charge is 0.497 e. The smallest absolute Gasteiger partial charge is 0.256 e. The molecule has 148 valence electrons. The van der Waals surface area contributed by atoms with Gasteiger partial charge < -0.3 is 9.64 Å². The number of amides is 1. The van der Waals surface area contributed by atoms with E-state index in [-0.39, 0.29) is 16.9 Å². The lowest BCUT2D eigenvalue weighted by Crippen LogP contribution is -2.38. The molecule has 0 aliphatic carbocycles. The van der Waals surface area contributed by atoms with Gasteiger partial charge in [-0.3, -0.25) is 9.78 Å². The number of carbonyl (C=O) groups is 1. The summed E-state index contributed by atoms with van der Waals surface area (Å²) < 4.78 is 19.3. The van der Waals surface area contributed by atoms with Crippen LogP contribution in [0.25, 0.3) is 11.3 Å². The van der Waals surface area contributed by atoms with E-state index in [9.17, 15) is 9.18 Å². The molecule has 1 amide bonds. The third-order valence-electron chi connectivity index (χ3n) is 5.11. The molecule has 29 heavy (non-hydrogen) atoms. The van der Waals surface area contributed by atoms with Gasteiger partial charge in [0.05, 0.1) is 30.1 Å². The van der Waals surface area contributed by atoms with E-state index < -0.39 is 11.4 Å². The molecule has 4 rings (SSSR count). The fourth-order valence-corrected chi connectivity index (χ4v) is 3.64. The molecule has 0 saturated heterocycles. The van der Waals surface area contributed by atoms with Crippen molar-refractivity contribution in [3.8, 4) is 17.0 Å². The molecule has 0 unspecified atom stereocenters. The van der Waals surface area contributed by atoms with Crippen molar-refractivity contribution >= 4 is 17.5 Å². The van der Waals surface area contributed by atoms with Crippen molar-refractivity contribution in [2.24, 2.45) is 0 Å². The second kappa shape index (κ2) is 7.08. The fraction of sp³-hybridized carbons (Fsp3) is 0.238. The van der Waals surface area contributed by atoms with Crippen molar-refractivity contribution < 1.29 is 13.9 Å². The van der Waals surface area contributed by atoms with Gasteiger partial charge in [-0.2, -0.15) is 0 Å². The van der Waals surface area contributed by atoms with Crippen LogP contribution in [0.3, 0.4) is 0 Å². The number of nitrogens with zero attached hydrogens (tertiary/aromatic N) is 4.